The molecular weight excluding hydrogens is 367 g/mol. The topological polar surface area (TPSA) is 44.4 Å². The Kier molecular flexibility index (Phi) is 6.44. The van der Waals surface area contributed by atoms with Crippen LogP contribution < -0.4 is 15.5 Å². The molecule has 2 aromatic rings. The van der Waals surface area contributed by atoms with Gasteiger partial charge in [0.1, 0.15) is 5.82 Å². The van der Waals surface area contributed by atoms with Gasteiger partial charge in [-0.3, -0.25) is 0 Å². The lowest BCUT2D eigenvalue weighted by Crippen LogP contribution is -2.43. The fourth-order valence-corrected chi connectivity index (χ4v) is 3.47. The first-order chi connectivity index (χ1) is 13.4. The van der Waals surface area contributed by atoms with Gasteiger partial charge in [-0.05, 0) is 49.4 Å². The van der Waals surface area contributed by atoms with Gasteiger partial charge in [-0.1, -0.05) is 18.2 Å². The Labute approximate surface area is 162 Å². The molecule has 1 aliphatic heterocycles. The Morgan fingerprint density at radius 1 is 1.14 bits per heavy atom. The number of nitrogens with one attached hydrogen (secondary N) is 2. The van der Waals surface area contributed by atoms with Gasteiger partial charge in [0.05, 0.1) is 0 Å². The lowest BCUT2D eigenvalue weighted by Gasteiger charge is -2.19. The molecule has 0 radical (unpaired) electrons. The molecular formula is C21H24F3N3O. The van der Waals surface area contributed by atoms with Crippen molar-refractivity contribution in [1.82, 2.24) is 10.6 Å². The van der Waals surface area contributed by atoms with E-state index in [9.17, 15) is 18.0 Å². The summed E-state index contributed by atoms with van der Waals surface area (Å²) in [6.07, 6.45) is 1.26. The van der Waals surface area contributed by atoms with Gasteiger partial charge in [0.2, 0.25) is 0 Å². The number of nitrogens with zero attached hydrogens (tertiary/aromatic N) is 1. The maximum Gasteiger partial charge on any atom is 0.315 e. The second kappa shape index (κ2) is 8.99. The third kappa shape index (κ3) is 5.18. The molecule has 1 aliphatic rings. The summed E-state index contributed by atoms with van der Waals surface area (Å²) in [5.41, 5.74) is 1.21. The fourth-order valence-electron chi connectivity index (χ4n) is 3.47. The average molecular weight is 391 g/mol. The van der Waals surface area contributed by atoms with Crippen LogP contribution in [-0.4, -0.2) is 31.7 Å². The SMILES string of the molecule is CC(Cc1ccccc1F)NC(=O)NCC1CCN(c2ccc(F)c(F)c2)C1. The third-order valence-electron chi connectivity index (χ3n) is 4.97. The lowest BCUT2D eigenvalue weighted by molar-refractivity contribution is 0.236. The van der Waals surface area contributed by atoms with E-state index in [1.807, 2.05) is 11.8 Å². The minimum atomic E-state index is -0.859. The number of anilines is 1. The number of carbonyl (C=O) groups is 1. The van der Waals surface area contributed by atoms with Crippen LogP contribution in [0.3, 0.4) is 0 Å². The van der Waals surface area contributed by atoms with E-state index in [0.29, 0.717) is 30.8 Å². The monoisotopic (exact) mass is 391 g/mol. The van der Waals surface area contributed by atoms with Crippen LogP contribution in [0.2, 0.25) is 0 Å². The predicted octanol–water partition coefficient (Wildman–Crippen LogP) is 3.86. The smallest absolute Gasteiger partial charge is 0.315 e. The molecule has 2 N–H and O–H groups in total. The summed E-state index contributed by atoms with van der Waals surface area (Å²) < 4.78 is 40.1. The zero-order valence-corrected chi connectivity index (χ0v) is 15.7. The number of amides is 2. The Morgan fingerprint density at radius 3 is 2.68 bits per heavy atom. The molecule has 0 saturated carbocycles. The van der Waals surface area contributed by atoms with E-state index in [-0.39, 0.29) is 23.8 Å². The van der Waals surface area contributed by atoms with Crippen LogP contribution in [0.4, 0.5) is 23.7 Å². The maximum absolute atomic E-state index is 13.7. The van der Waals surface area contributed by atoms with Crippen molar-refractivity contribution >= 4 is 11.7 Å². The largest absolute Gasteiger partial charge is 0.371 e. The second-order valence-electron chi connectivity index (χ2n) is 7.25. The first-order valence-electron chi connectivity index (χ1n) is 9.40. The number of hydrogen-bond acceptors (Lipinski definition) is 2. The van der Waals surface area contributed by atoms with Gasteiger partial charge in [-0.15, -0.1) is 0 Å². The van der Waals surface area contributed by atoms with Crippen molar-refractivity contribution in [1.29, 1.82) is 0 Å². The molecule has 2 amide bonds. The van der Waals surface area contributed by atoms with E-state index >= 15 is 0 Å². The molecule has 1 saturated heterocycles. The molecule has 0 aromatic heterocycles. The molecule has 1 heterocycles. The number of benzene rings is 2. The Bertz CT molecular complexity index is 830. The van der Waals surface area contributed by atoms with Crippen molar-refractivity contribution < 1.29 is 18.0 Å². The highest BCUT2D eigenvalue weighted by Gasteiger charge is 2.24. The lowest BCUT2D eigenvalue weighted by atomic mass is 10.1. The van der Waals surface area contributed by atoms with Crippen molar-refractivity contribution in [3.8, 4) is 0 Å². The summed E-state index contributed by atoms with van der Waals surface area (Å²) in [6, 6.07) is 9.89. The zero-order valence-electron chi connectivity index (χ0n) is 15.7. The van der Waals surface area contributed by atoms with Gasteiger partial charge in [0.15, 0.2) is 11.6 Å². The van der Waals surface area contributed by atoms with Gasteiger partial charge >= 0.3 is 6.03 Å². The normalized spacial score (nSPS) is 17.4. The quantitative estimate of drug-likeness (QED) is 0.785. The summed E-state index contributed by atoms with van der Waals surface area (Å²) in [4.78, 5) is 14.1. The number of halogens is 3. The third-order valence-corrected chi connectivity index (χ3v) is 4.97. The van der Waals surface area contributed by atoms with E-state index in [1.54, 1.807) is 24.3 Å². The van der Waals surface area contributed by atoms with Crippen LogP contribution in [-0.2, 0) is 6.42 Å². The summed E-state index contributed by atoms with van der Waals surface area (Å²) in [5.74, 6) is -1.77. The highest BCUT2D eigenvalue weighted by atomic mass is 19.2. The molecule has 0 aliphatic carbocycles. The summed E-state index contributed by atoms with van der Waals surface area (Å²) in [5, 5.41) is 5.66. The van der Waals surface area contributed by atoms with Gasteiger partial charge < -0.3 is 15.5 Å². The van der Waals surface area contributed by atoms with E-state index in [4.69, 9.17) is 0 Å². The summed E-state index contributed by atoms with van der Waals surface area (Å²) >= 11 is 0. The average Bonchev–Trinajstić information content (AvgIpc) is 3.13. The molecule has 2 aromatic carbocycles. The molecule has 0 bridgehead atoms. The summed E-state index contributed by atoms with van der Waals surface area (Å²) in [6.45, 7) is 3.70. The van der Waals surface area contributed by atoms with Crippen molar-refractivity contribution in [2.75, 3.05) is 24.5 Å². The van der Waals surface area contributed by atoms with Crippen LogP contribution in [0.25, 0.3) is 0 Å². The van der Waals surface area contributed by atoms with Crippen LogP contribution in [0, 0.1) is 23.4 Å². The Balaban J connectivity index is 1.42. The second-order valence-corrected chi connectivity index (χ2v) is 7.25. The number of carbonyl (C=O) groups excluding carboxylic acids is 1. The standard InChI is InChI=1S/C21H24F3N3O/c1-14(10-16-4-2-3-5-18(16)22)26-21(28)25-12-15-8-9-27(13-15)17-6-7-19(23)20(24)11-17/h2-7,11,14-15H,8-10,12-13H2,1H3,(H2,25,26,28). The van der Waals surface area contributed by atoms with E-state index < -0.39 is 11.6 Å². The van der Waals surface area contributed by atoms with Crippen LogP contribution in [0.15, 0.2) is 42.5 Å². The van der Waals surface area contributed by atoms with Crippen molar-refractivity contribution in [2.24, 2.45) is 5.92 Å². The minimum Gasteiger partial charge on any atom is -0.371 e. The predicted molar refractivity (Wildman–Crippen MR) is 103 cm³/mol. The Hall–Kier alpha value is -2.70. The molecule has 4 nitrogen and oxygen atoms in total. The van der Waals surface area contributed by atoms with Gasteiger partial charge in [-0.2, -0.15) is 0 Å². The highest BCUT2D eigenvalue weighted by Crippen LogP contribution is 2.25. The minimum absolute atomic E-state index is 0.209. The van der Waals surface area contributed by atoms with Crippen molar-refractivity contribution in [3.63, 3.8) is 0 Å². The van der Waals surface area contributed by atoms with Gasteiger partial charge in [-0.25, -0.2) is 18.0 Å². The first-order valence-corrected chi connectivity index (χ1v) is 9.40. The van der Waals surface area contributed by atoms with Crippen molar-refractivity contribution in [2.45, 2.75) is 25.8 Å². The molecule has 3 rings (SSSR count). The molecule has 28 heavy (non-hydrogen) atoms. The Morgan fingerprint density at radius 2 is 1.93 bits per heavy atom. The molecule has 7 heteroatoms. The molecule has 0 spiro atoms. The fraction of sp³-hybridized carbons (Fsp3) is 0.381. The molecule has 150 valence electrons. The highest BCUT2D eigenvalue weighted by molar-refractivity contribution is 5.74. The molecule has 2 unspecified atom stereocenters. The van der Waals surface area contributed by atoms with Crippen LogP contribution >= 0.6 is 0 Å². The van der Waals surface area contributed by atoms with Crippen LogP contribution in [0.5, 0.6) is 0 Å². The van der Waals surface area contributed by atoms with Crippen LogP contribution in [0.1, 0.15) is 18.9 Å². The van der Waals surface area contributed by atoms with E-state index in [1.165, 1.54) is 12.1 Å². The van der Waals surface area contributed by atoms with E-state index in [2.05, 4.69) is 10.6 Å². The zero-order chi connectivity index (χ0) is 20.1. The van der Waals surface area contributed by atoms with Gasteiger partial charge in [0.25, 0.3) is 0 Å². The maximum atomic E-state index is 13.7. The molecule has 1 fully saturated rings. The number of hydrogen-bond donors (Lipinski definition) is 2. The first kappa shape index (κ1) is 20.0. The summed E-state index contributed by atoms with van der Waals surface area (Å²) in [7, 11) is 0. The van der Waals surface area contributed by atoms with E-state index in [0.717, 1.165) is 19.0 Å². The van der Waals surface area contributed by atoms with Crippen molar-refractivity contribution in [3.05, 3.63) is 65.5 Å². The number of urea groups is 1. The van der Waals surface area contributed by atoms with Gasteiger partial charge in [0, 0.05) is 37.4 Å². The molecule has 2 atom stereocenters. The number of rotatable bonds is 6.